The Bertz CT molecular complexity index is 770. The van der Waals surface area contributed by atoms with Crippen molar-refractivity contribution in [1.82, 2.24) is 9.55 Å². The molecule has 1 aliphatic rings. The summed E-state index contributed by atoms with van der Waals surface area (Å²) in [7, 11) is -3.19. The standard InChI is InChI=1S/C12H14N2O3S/c1-8-4-2-5-9-11(8)13-12(15)14(9)10-6-3-7-18(10,16)17/h2,4-5,10H,3,6-7H2,1H3,(H,13,15). The maximum Gasteiger partial charge on any atom is 0.327 e. The molecule has 0 spiro atoms. The summed E-state index contributed by atoms with van der Waals surface area (Å²) >= 11 is 0. The number of imidazole rings is 1. The van der Waals surface area contributed by atoms with Crippen LogP contribution in [0.3, 0.4) is 0 Å². The highest BCUT2D eigenvalue weighted by Gasteiger charge is 2.34. The molecule has 0 saturated carbocycles. The minimum atomic E-state index is -3.19. The van der Waals surface area contributed by atoms with Gasteiger partial charge in [-0.05, 0) is 31.4 Å². The van der Waals surface area contributed by atoms with E-state index in [9.17, 15) is 13.2 Å². The number of nitrogens with zero attached hydrogens (tertiary/aromatic N) is 1. The summed E-state index contributed by atoms with van der Waals surface area (Å²) in [6, 6.07) is 5.52. The van der Waals surface area contributed by atoms with E-state index in [1.54, 1.807) is 6.07 Å². The third kappa shape index (κ3) is 1.52. The third-order valence-corrected chi connectivity index (χ3v) is 5.68. The zero-order valence-corrected chi connectivity index (χ0v) is 10.8. The Hall–Kier alpha value is -1.56. The van der Waals surface area contributed by atoms with E-state index in [-0.39, 0.29) is 11.4 Å². The lowest BCUT2D eigenvalue weighted by Crippen LogP contribution is -2.25. The molecule has 3 rings (SSSR count). The molecule has 0 bridgehead atoms. The molecule has 1 atom stereocenters. The Morgan fingerprint density at radius 2 is 2.17 bits per heavy atom. The van der Waals surface area contributed by atoms with Gasteiger partial charge in [0, 0.05) is 0 Å². The van der Waals surface area contributed by atoms with Crippen molar-refractivity contribution in [1.29, 1.82) is 0 Å². The number of rotatable bonds is 1. The number of sulfone groups is 1. The lowest BCUT2D eigenvalue weighted by molar-refractivity contribution is 0.556. The van der Waals surface area contributed by atoms with Gasteiger partial charge in [0.1, 0.15) is 5.37 Å². The van der Waals surface area contributed by atoms with Crippen molar-refractivity contribution in [3.8, 4) is 0 Å². The Kier molecular flexibility index (Phi) is 2.38. The molecule has 1 aliphatic heterocycles. The van der Waals surface area contributed by atoms with Gasteiger partial charge in [-0.1, -0.05) is 12.1 Å². The van der Waals surface area contributed by atoms with Gasteiger partial charge in [-0.2, -0.15) is 0 Å². The molecule has 0 radical (unpaired) electrons. The molecule has 18 heavy (non-hydrogen) atoms. The van der Waals surface area contributed by atoms with Crippen molar-refractivity contribution in [2.45, 2.75) is 25.1 Å². The van der Waals surface area contributed by atoms with E-state index in [4.69, 9.17) is 0 Å². The summed E-state index contributed by atoms with van der Waals surface area (Å²) in [6.45, 7) is 1.89. The summed E-state index contributed by atoms with van der Waals surface area (Å²) in [5.74, 6) is 0.169. The van der Waals surface area contributed by atoms with E-state index in [1.165, 1.54) is 4.57 Å². The van der Waals surface area contributed by atoms with Crippen molar-refractivity contribution >= 4 is 20.9 Å². The maximum absolute atomic E-state index is 12.0. The number of aromatic nitrogens is 2. The summed E-state index contributed by atoms with van der Waals surface area (Å²) < 4.78 is 25.3. The maximum atomic E-state index is 12.0. The predicted molar refractivity (Wildman–Crippen MR) is 69.4 cm³/mol. The number of hydrogen-bond donors (Lipinski definition) is 1. The third-order valence-electron chi connectivity index (χ3n) is 3.54. The monoisotopic (exact) mass is 266 g/mol. The highest BCUT2D eigenvalue weighted by Crippen LogP contribution is 2.31. The smallest absolute Gasteiger partial charge is 0.305 e. The molecule has 5 nitrogen and oxygen atoms in total. The van der Waals surface area contributed by atoms with Crippen LogP contribution in [0.4, 0.5) is 0 Å². The molecule has 2 heterocycles. The first kappa shape index (κ1) is 11.5. The van der Waals surface area contributed by atoms with Crippen LogP contribution in [0.5, 0.6) is 0 Å². The van der Waals surface area contributed by atoms with Gasteiger partial charge in [0.15, 0.2) is 9.84 Å². The molecule has 1 aromatic carbocycles. The molecule has 96 valence electrons. The summed E-state index contributed by atoms with van der Waals surface area (Å²) in [5, 5.41) is -0.708. The predicted octanol–water partition coefficient (Wildman–Crippen LogP) is 1.35. The quantitative estimate of drug-likeness (QED) is 0.846. The van der Waals surface area contributed by atoms with E-state index in [2.05, 4.69) is 4.98 Å². The normalized spacial score (nSPS) is 22.6. The first-order valence-corrected chi connectivity index (χ1v) is 7.63. The zero-order chi connectivity index (χ0) is 12.9. The highest BCUT2D eigenvalue weighted by atomic mass is 32.2. The van der Waals surface area contributed by atoms with Crippen molar-refractivity contribution in [2.24, 2.45) is 0 Å². The van der Waals surface area contributed by atoms with E-state index in [0.29, 0.717) is 18.4 Å². The number of H-pyrrole nitrogens is 1. The fraction of sp³-hybridized carbons (Fsp3) is 0.417. The summed E-state index contributed by atoms with van der Waals surface area (Å²) in [6.07, 6.45) is 1.14. The second-order valence-electron chi connectivity index (χ2n) is 4.73. The molecule has 1 N–H and O–H groups in total. The van der Waals surface area contributed by atoms with Gasteiger partial charge in [-0.3, -0.25) is 4.57 Å². The molecule has 1 unspecified atom stereocenters. The average Bonchev–Trinajstić information content (AvgIpc) is 2.79. The number of aromatic amines is 1. The van der Waals surface area contributed by atoms with Crippen LogP contribution < -0.4 is 5.69 Å². The van der Waals surface area contributed by atoms with Crippen LogP contribution in [-0.2, 0) is 9.84 Å². The molecule has 0 amide bonds. The molecular weight excluding hydrogens is 252 g/mol. The van der Waals surface area contributed by atoms with Crippen molar-refractivity contribution in [3.63, 3.8) is 0 Å². The Morgan fingerprint density at radius 3 is 2.83 bits per heavy atom. The van der Waals surface area contributed by atoms with Gasteiger partial charge >= 0.3 is 5.69 Å². The van der Waals surface area contributed by atoms with Crippen LogP contribution >= 0.6 is 0 Å². The minimum absolute atomic E-state index is 0.169. The van der Waals surface area contributed by atoms with Crippen LogP contribution in [0.2, 0.25) is 0 Å². The number of hydrogen-bond acceptors (Lipinski definition) is 3. The largest absolute Gasteiger partial charge is 0.327 e. The van der Waals surface area contributed by atoms with E-state index in [1.807, 2.05) is 19.1 Å². The van der Waals surface area contributed by atoms with Gasteiger partial charge in [-0.15, -0.1) is 0 Å². The molecule has 0 aliphatic carbocycles. The molecule has 6 heteroatoms. The van der Waals surface area contributed by atoms with Gasteiger partial charge in [0.05, 0.1) is 16.8 Å². The first-order chi connectivity index (χ1) is 8.50. The van der Waals surface area contributed by atoms with E-state index < -0.39 is 15.2 Å². The Labute approximate surface area is 104 Å². The second-order valence-corrected chi connectivity index (χ2v) is 7.01. The van der Waals surface area contributed by atoms with Crippen LogP contribution in [0.25, 0.3) is 11.0 Å². The molecule has 1 fully saturated rings. The Balaban J connectivity index is 2.34. The molecule has 2 aromatic rings. The lowest BCUT2D eigenvalue weighted by Gasteiger charge is -2.11. The number of aryl methyl sites for hydroxylation is 1. The molecule has 1 saturated heterocycles. The Morgan fingerprint density at radius 1 is 1.39 bits per heavy atom. The number of benzene rings is 1. The fourth-order valence-corrected chi connectivity index (χ4v) is 4.54. The number of para-hydroxylation sites is 1. The second kappa shape index (κ2) is 3.71. The summed E-state index contributed by atoms with van der Waals surface area (Å²) in [5.41, 5.74) is 2.01. The fourth-order valence-electron chi connectivity index (χ4n) is 2.64. The van der Waals surface area contributed by atoms with Crippen molar-refractivity contribution in [3.05, 3.63) is 34.2 Å². The van der Waals surface area contributed by atoms with E-state index >= 15 is 0 Å². The van der Waals surface area contributed by atoms with Crippen molar-refractivity contribution < 1.29 is 8.42 Å². The average molecular weight is 266 g/mol. The van der Waals surface area contributed by atoms with Crippen LogP contribution in [0, 0.1) is 6.92 Å². The topological polar surface area (TPSA) is 71.9 Å². The van der Waals surface area contributed by atoms with Crippen LogP contribution in [0.15, 0.2) is 23.0 Å². The van der Waals surface area contributed by atoms with Crippen LogP contribution in [-0.4, -0.2) is 23.7 Å². The van der Waals surface area contributed by atoms with Gasteiger partial charge in [-0.25, -0.2) is 13.2 Å². The molecule has 1 aromatic heterocycles. The highest BCUT2D eigenvalue weighted by molar-refractivity contribution is 7.91. The zero-order valence-electron chi connectivity index (χ0n) is 10.0. The SMILES string of the molecule is Cc1cccc2c1[nH]c(=O)n2C1CCCS1(=O)=O. The van der Waals surface area contributed by atoms with Crippen LogP contribution in [0.1, 0.15) is 23.8 Å². The van der Waals surface area contributed by atoms with Gasteiger partial charge < -0.3 is 4.98 Å². The van der Waals surface area contributed by atoms with Gasteiger partial charge in [0.25, 0.3) is 0 Å². The van der Waals surface area contributed by atoms with E-state index in [0.717, 1.165) is 11.1 Å². The summed E-state index contributed by atoms with van der Waals surface area (Å²) in [4.78, 5) is 14.8. The lowest BCUT2D eigenvalue weighted by atomic mass is 10.2. The number of nitrogens with one attached hydrogen (secondary N) is 1. The van der Waals surface area contributed by atoms with Crippen molar-refractivity contribution in [2.75, 3.05) is 5.75 Å². The number of fused-ring (bicyclic) bond motifs is 1. The van der Waals surface area contributed by atoms with Gasteiger partial charge in [0.2, 0.25) is 0 Å². The first-order valence-electron chi connectivity index (χ1n) is 5.92. The minimum Gasteiger partial charge on any atom is -0.305 e. The molecular formula is C12H14N2O3S.